The Morgan fingerprint density at radius 2 is 1.53 bits per heavy atom. The van der Waals surface area contributed by atoms with Gasteiger partial charge in [-0.3, -0.25) is 14.9 Å². The SMILES string of the molecule is CN1CCN(c2ccc(N/C=C3\C(=O)NC(=O)c4ccc(-c5ccc(C(=O)O)cc5)cc43)cc2)CC1. The molecule has 3 N–H and O–H groups in total. The van der Waals surface area contributed by atoms with Crippen LogP contribution in [0, 0.1) is 0 Å². The molecule has 8 nitrogen and oxygen atoms in total. The van der Waals surface area contributed by atoms with E-state index in [0.717, 1.165) is 48.7 Å². The van der Waals surface area contributed by atoms with Gasteiger partial charge in [0, 0.05) is 54.9 Å². The maximum Gasteiger partial charge on any atom is 0.335 e. The Kier molecular flexibility index (Phi) is 6.26. The fraction of sp³-hybridized carbons (Fsp3) is 0.179. The molecule has 0 aromatic heterocycles. The van der Waals surface area contributed by atoms with Crippen molar-refractivity contribution in [2.75, 3.05) is 43.4 Å². The summed E-state index contributed by atoms with van der Waals surface area (Å²) in [6, 6.07) is 19.8. The van der Waals surface area contributed by atoms with Crippen LogP contribution in [0.15, 0.2) is 72.9 Å². The lowest BCUT2D eigenvalue weighted by Crippen LogP contribution is -2.44. The zero-order chi connectivity index (χ0) is 25.2. The number of amides is 2. The Morgan fingerprint density at radius 1 is 0.861 bits per heavy atom. The number of benzene rings is 3. The monoisotopic (exact) mass is 482 g/mol. The van der Waals surface area contributed by atoms with Crippen molar-refractivity contribution in [3.63, 3.8) is 0 Å². The van der Waals surface area contributed by atoms with Crippen LogP contribution >= 0.6 is 0 Å². The second-order valence-electron chi connectivity index (χ2n) is 8.97. The molecule has 2 amide bonds. The molecule has 0 unspecified atom stereocenters. The van der Waals surface area contributed by atoms with Crippen molar-refractivity contribution < 1.29 is 19.5 Å². The molecule has 0 radical (unpaired) electrons. The van der Waals surface area contributed by atoms with Gasteiger partial charge in [0.25, 0.3) is 11.8 Å². The average molecular weight is 483 g/mol. The van der Waals surface area contributed by atoms with E-state index in [1.54, 1.807) is 36.5 Å². The average Bonchev–Trinajstić information content (AvgIpc) is 2.89. The lowest BCUT2D eigenvalue weighted by atomic mass is 9.91. The number of rotatable bonds is 5. The number of carboxylic acids is 1. The summed E-state index contributed by atoms with van der Waals surface area (Å²) < 4.78 is 0. The summed E-state index contributed by atoms with van der Waals surface area (Å²) in [6.07, 6.45) is 1.61. The molecule has 0 atom stereocenters. The van der Waals surface area contributed by atoms with Gasteiger partial charge in [0.05, 0.1) is 11.1 Å². The fourth-order valence-electron chi connectivity index (χ4n) is 4.44. The van der Waals surface area contributed by atoms with Gasteiger partial charge in [-0.15, -0.1) is 0 Å². The van der Waals surface area contributed by atoms with Crippen LogP contribution in [0.25, 0.3) is 16.7 Å². The first-order valence-corrected chi connectivity index (χ1v) is 11.7. The molecule has 2 aliphatic rings. The van der Waals surface area contributed by atoms with Gasteiger partial charge < -0.3 is 20.2 Å². The van der Waals surface area contributed by atoms with E-state index in [1.807, 2.05) is 12.1 Å². The van der Waals surface area contributed by atoms with Crippen molar-refractivity contribution in [2.45, 2.75) is 0 Å². The molecule has 2 aliphatic heterocycles. The number of carboxylic acid groups (broad SMARTS) is 1. The Morgan fingerprint density at radius 3 is 2.19 bits per heavy atom. The number of anilines is 2. The normalized spacial score (nSPS) is 17.0. The minimum atomic E-state index is -0.998. The van der Waals surface area contributed by atoms with E-state index in [1.165, 1.54) is 12.1 Å². The van der Waals surface area contributed by atoms with Gasteiger partial charge in [-0.05, 0) is 66.7 Å². The van der Waals surface area contributed by atoms with Gasteiger partial charge in [0.15, 0.2) is 0 Å². The molecule has 0 aliphatic carbocycles. The van der Waals surface area contributed by atoms with Crippen LogP contribution in [0.2, 0.25) is 0 Å². The van der Waals surface area contributed by atoms with Crippen LogP contribution in [0.5, 0.6) is 0 Å². The number of hydrogen-bond acceptors (Lipinski definition) is 6. The van der Waals surface area contributed by atoms with Crippen LogP contribution in [-0.2, 0) is 4.79 Å². The first kappa shape index (κ1) is 23.3. The summed E-state index contributed by atoms with van der Waals surface area (Å²) in [5.74, 6) is -1.92. The van der Waals surface area contributed by atoms with E-state index in [4.69, 9.17) is 5.11 Å². The van der Waals surface area contributed by atoms with Crippen molar-refractivity contribution >= 4 is 34.7 Å². The molecule has 5 rings (SSSR count). The van der Waals surface area contributed by atoms with Crippen LogP contribution in [0.3, 0.4) is 0 Å². The summed E-state index contributed by atoms with van der Waals surface area (Å²) >= 11 is 0. The summed E-state index contributed by atoms with van der Waals surface area (Å²) in [5, 5.41) is 14.7. The minimum absolute atomic E-state index is 0.190. The topological polar surface area (TPSA) is 102 Å². The van der Waals surface area contributed by atoms with Crippen LogP contribution < -0.4 is 15.5 Å². The number of imide groups is 1. The summed E-state index contributed by atoms with van der Waals surface area (Å²) in [7, 11) is 2.13. The number of likely N-dealkylation sites (N-methyl/N-ethyl adjacent to an activating group) is 1. The smallest absolute Gasteiger partial charge is 0.335 e. The predicted octanol–water partition coefficient (Wildman–Crippen LogP) is 3.53. The molecule has 0 spiro atoms. The van der Waals surface area contributed by atoms with Gasteiger partial charge in [0.2, 0.25) is 0 Å². The number of piperazine rings is 1. The Bertz CT molecular complexity index is 1360. The second kappa shape index (κ2) is 9.67. The minimum Gasteiger partial charge on any atom is -0.478 e. The van der Waals surface area contributed by atoms with E-state index >= 15 is 0 Å². The first-order valence-electron chi connectivity index (χ1n) is 11.7. The second-order valence-corrected chi connectivity index (χ2v) is 8.97. The number of hydrogen-bond donors (Lipinski definition) is 3. The van der Waals surface area contributed by atoms with Crippen molar-refractivity contribution in [1.82, 2.24) is 10.2 Å². The zero-order valence-corrected chi connectivity index (χ0v) is 19.8. The van der Waals surface area contributed by atoms with Crippen molar-refractivity contribution in [1.29, 1.82) is 0 Å². The van der Waals surface area contributed by atoms with Crippen molar-refractivity contribution in [3.05, 3.63) is 89.6 Å². The molecular weight excluding hydrogens is 456 g/mol. The first-order chi connectivity index (χ1) is 17.4. The maximum absolute atomic E-state index is 12.7. The molecule has 182 valence electrons. The Hall–Kier alpha value is -4.43. The molecule has 1 fully saturated rings. The number of fused-ring (bicyclic) bond motifs is 1. The molecule has 3 aromatic rings. The fourth-order valence-corrected chi connectivity index (χ4v) is 4.44. The van der Waals surface area contributed by atoms with Gasteiger partial charge in [-0.2, -0.15) is 0 Å². The third kappa shape index (κ3) is 4.71. The molecule has 3 aromatic carbocycles. The molecular formula is C28H26N4O4. The van der Waals surface area contributed by atoms with Crippen LogP contribution in [0.4, 0.5) is 11.4 Å². The van der Waals surface area contributed by atoms with Crippen LogP contribution in [-0.4, -0.2) is 61.0 Å². The van der Waals surface area contributed by atoms with E-state index in [2.05, 4.69) is 39.6 Å². The van der Waals surface area contributed by atoms with E-state index < -0.39 is 17.8 Å². The molecule has 36 heavy (non-hydrogen) atoms. The molecule has 0 saturated carbocycles. The van der Waals surface area contributed by atoms with E-state index in [-0.39, 0.29) is 5.56 Å². The Balaban J connectivity index is 1.40. The largest absolute Gasteiger partial charge is 0.478 e. The van der Waals surface area contributed by atoms with E-state index in [9.17, 15) is 14.4 Å². The number of nitrogens with one attached hydrogen (secondary N) is 2. The van der Waals surface area contributed by atoms with E-state index in [0.29, 0.717) is 16.7 Å². The number of carbonyl (C=O) groups excluding carboxylic acids is 2. The maximum atomic E-state index is 12.7. The summed E-state index contributed by atoms with van der Waals surface area (Å²) in [5.41, 5.74) is 5.00. The zero-order valence-electron chi connectivity index (χ0n) is 19.8. The van der Waals surface area contributed by atoms with Gasteiger partial charge in [0.1, 0.15) is 0 Å². The third-order valence-electron chi connectivity index (χ3n) is 6.61. The molecule has 0 bridgehead atoms. The highest BCUT2D eigenvalue weighted by Gasteiger charge is 2.27. The lowest BCUT2D eigenvalue weighted by Gasteiger charge is -2.34. The standard InChI is InChI=1S/C28H26N4O4/c1-31-12-14-32(15-13-31)22-9-7-21(8-10-22)29-17-25-24-16-20(6-11-23(24)26(33)30-27(25)34)18-2-4-19(5-3-18)28(35)36/h2-11,16-17,29H,12-15H2,1H3,(H,35,36)(H,30,33,34)/b25-17-. The summed E-state index contributed by atoms with van der Waals surface area (Å²) in [4.78, 5) is 41.0. The third-order valence-corrected chi connectivity index (χ3v) is 6.61. The summed E-state index contributed by atoms with van der Waals surface area (Å²) in [6.45, 7) is 4.04. The highest BCUT2D eigenvalue weighted by Crippen LogP contribution is 2.30. The number of nitrogens with zero attached hydrogens (tertiary/aromatic N) is 2. The lowest BCUT2D eigenvalue weighted by molar-refractivity contribution is -0.114. The molecule has 2 heterocycles. The predicted molar refractivity (Wildman–Crippen MR) is 139 cm³/mol. The van der Waals surface area contributed by atoms with Crippen molar-refractivity contribution in [2.24, 2.45) is 0 Å². The van der Waals surface area contributed by atoms with Crippen molar-refractivity contribution in [3.8, 4) is 11.1 Å². The highest BCUT2D eigenvalue weighted by molar-refractivity contribution is 6.31. The van der Waals surface area contributed by atoms with Gasteiger partial charge in [-0.1, -0.05) is 18.2 Å². The molecule has 1 saturated heterocycles. The van der Waals surface area contributed by atoms with Crippen LogP contribution in [0.1, 0.15) is 26.3 Å². The number of aromatic carboxylic acids is 1. The van der Waals surface area contributed by atoms with Gasteiger partial charge in [-0.25, -0.2) is 4.79 Å². The number of carbonyl (C=O) groups is 3. The highest BCUT2D eigenvalue weighted by atomic mass is 16.4. The van der Waals surface area contributed by atoms with Gasteiger partial charge >= 0.3 is 5.97 Å². The Labute approximate surface area is 208 Å². The quantitative estimate of drug-likeness (QED) is 0.378. The molecule has 8 heteroatoms.